The lowest BCUT2D eigenvalue weighted by atomic mass is 9.92. The van der Waals surface area contributed by atoms with Crippen LogP contribution >= 0.6 is 0 Å². The fraction of sp³-hybridized carbons (Fsp3) is 0.444. The maximum absolute atomic E-state index is 13.4. The van der Waals surface area contributed by atoms with Gasteiger partial charge < -0.3 is 23.8 Å². The zero-order valence-corrected chi connectivity index (χ0v) is 27.7. The number of fused-ring (bicyclic) bond motifs is 6. The van der Waals surface area contributed by atoms with Crippen molar-refractivity contribution in [1.82, 2.24) is 19.6 Å². The van der Waals surface area contributed by atoms with Gasteiger partial charge >= 0.3 is 5.97 Å². The molecule has 0 unspecified atom stereocenters. The summed E-state index contributed by atoms with van der Waals surface area (Å²) in [6.45, 7) is 13.8. The number of hydrogen-bond acceptors (Lipinski definition) is 9. The lowest BCUT2D eigenvalue weighted by Gasteiger charge is -2.41. The maximum atomic E-state index is 13.4. The molecule has 3 aliphatic rings. The number of carbonyl (C=O) groups is 1. The summed E-state index contributed by atoms with van der Waals surface area (Å²) in [5.74, 6) is 1.04. The van der Waals surface area contributed by atoms with E-state index in [2.05, 4.69) is 22.9 Å². The highest BCUT2D eigenvalue weighted by Crippen LogP contribution is 2.39. The molecule has 10 heteroatoms. The van der Waals surface area contributed by atoms with Gasteiger partial charge in [-0.1, -0.05) is 24.3 Å². The van der Waals surface area contributed by atoms with Gasteiger partial charge in [0, 0.05) is 48.4 Å². The highest BCUT2D eigenvalue weighted by molar-refractivity contribution is 5.81. The first-order valence-electron chi connectivity index (χ1n) is 15.9. The molecular formula is C36H43N5O5. The molecule has 2 atom stereocenters. The SMILES string of the molecule is COC(=O)[C@@H](OC(C)(C)C)c1c(C)nc2cc3nn2c1N1CCC(C)(CC1)OCC=C[C@H](C)Oc1ccncc1-c1cccc-3c1. The van der Waals surface area contributed by atoms with Crippen LogP contribution < -0.4 is 9.64 Å². The number of piperidine rings is 1. The van der Waals surface area contributed by atoms with E-state index in [1.54, 1.807) is 6.20 Å². The highest BCUT2D eigenvalue weighted by atomic mass is 16.6. The van der Waals surface area contributed by atoms with Gasteiger partial charge in [0.05, 0.1) is 36.2 Å². The third-order valence-electron chi connectivity index (χ3n) is 8.57. The van der Waals surface area contributed by atoms with Crippen molar-refractivity contribution in [1.29, 1.82) is 0 Å². The summed E-state index contributed by atoms with van der Waals surface area (Å²) in [6.07, 6.45) is 8.05. The van der Waals surface area contributed by atoms with Crippen LogP contribution in [0, 0.1) is 6.92 Å². The van der Waals surface area contributed by atoms with Crippen molar-refractivity contribution in [2.45, 2.75) is 77.8 Å². The summed E-state index contributed by atoms with van der Waals surface area (Å²) in [4.78, 5) is 25.0. The minimum absolute atomic E-state index is 0.161. The molecule has 1 aromatic carbocycles. The highest BCUT2D eigenvalue weighted by Gasteiger charge is 2.38. The second kappa shape index (κ2) is 12.5. The molecule has 6 bridgehead atoms. The second-order valence-electron chi connectivity index (χ2n) is 13.3. The van der Waals surface area contributed by atoms with E-state index in [0.717, 1.165) is 46.8 Å². The van der Waals surface area contributed by atoms with Crippen molar-refractivity contribution in [3.63, 3.8) is 0 Å². The van der Waals surface area contributed by atoms with Gasteiger partial charge in [-0.3, -0.25) is 4.98 Å². The number of anilines is 1. The van der Waals surface area contributed by atoms with Crippen molar-refractivity contribution in [3.05, 3.63) is 72.2 Å². The Hall–Kier alpha value is -4.28. The zero-order valence-electron chi connectivity index (χ0n) is 27.7. The van der Waals surface area contributed by atoms with Crippen LogP contribution in [0.25, 0.3) is 28.0 Å². The number of nitrogens with zero attached hydrogens (tertiary/aromatic N) is 5. The predicted molar refractivity (Wildman–Crippen MR) is 177 cm³/mol. The van der Waals surface area contributed by atoms with Gasteiger partial charge in [0.1, 0.15) is 17.7 Å². The number of esters is 1. The average Bonchev–Trinajstić information content (AvgIpc) is 3.45. The van der Waals surface area contributed by atoms with E-state index in [1.165, 1.54) is 7.11 Å². The molecule has 10 nitrogen and oxygen atoms in total. The quantitative estimate of drug-likeness (QED) is 0.186. The van der Waals surface area contributed by atoms with Gasteiger partial charge in [-0.25, -0.2) is 9.78 Å². The monoisotopic (exact) mass is 625 g/mol. The number of rotatable bonds is 3. The molecule has 0 radical (unpaired) electrons. The Morgan fingerprint density at radius 3 is 2.63 bits per heavy atom. The minimum atomic E-state index is -0.991. The molecule has 3 aromatic heterocycles. The van der Waals surface area contributed by atoms with Crippen LogP contribution in [0.15, 0.2) is 60.9 Å². The zero-order chi connectivity index (χ0) is 32.6. The maximum Gasteiger partial charge on any atom is 0.339 e. The lowest BCUT2D eigenvalue weighted by Crippen LogP contribution is -2.45. The van der Waals surface area contributed by atoms with Crippen LogP contribution in [0.3, 0.4) is 0 Å². The molecule has 0 amide bonds. The molecule has 46 heavy (non-hydrogen) atoms. The molecular weight excluding hydrogens is 582 g/mol. The first kappa shape index (κ1) is 31.7. The summed E-state index contributed by atoms with van der Waals surface area (Å²) in [7, 11) is 1.38. The van der Waals surface area contributed by atoms with Crippen LogP contribution in [0.2, 0.25) is 0 Å². The molecule has 242 valence electrons. The van der Waals surface area contributed by atoms with Crippen LogP contribution in [0.5, 0.6) is 5.75 Å². The molecule has 4 aromatic rings. The Balaban J connectivity index is 1.56. The molecule has 0 saturated carbocycles. The number of pyridine rings is 1. The van der Waals surface area contributed by atoms with Crippen molar-refractivity contribution >= 4 is 17.4 Å². The average molecular weight is 626 g/mol. The number of methoxy groups -OCH3 is 1. The summed E-state index contributed by atoms with van der Waals surface area (Å²) in [5, 5.41) is 5.13. The number of ether oxygens (including phenoxy) is 4. The third-order valence-corrected chi connectivity index (χ3v) is 8.57. The normalized spacial score (nSPS) is 20.8. The van der Waals surface area contributed by atoms with Crippen LogP contribution in [-0.2, 0) is 19.0 Å². The largest absolute Gasteiger partial charge is 0.486 e. The van der Waals surface area contributed by atoms with Crippen molar-refractivity contribution in [2.24, 2.45) is 0 Å². The molecule has 0 N–H and O–H groups in total. The summed E-state index contributed by atoms with van der Waals surface area (Å²) >= 11 is 0. The fourth-order valence-corrected chi connectivity index (χ4v) is 6.17. The van der Waals surface area contributed by atoms with E-state index in [1.807, 2.05) is 87.8 Å². The van der Waals surface area contributed by atoms with Crippen LogP contribution in [-0.4, -0.2) is 69.7 Å². The van der Waals surface area contributed by atoms with Gasteiger partial charge in [-0.2, -0.15) is 9.61 Å². The second-order valence-corrected chi connectivity index (χ2v) is 13.3. The van der Waals surface area contributed by atoms with Gasteiger partial charge in [0.2, 0.25) is 0 Å². The minimum Gasteiger partial charge on any atom is -0.486 e. The first-order chi connectivity index (χ1) is 21.9. The fourth-order valence-electron chi connectivity index (χ4n) is 6.17. The molecule has 6 heterocycles. The summed E-state index contributed by atoms with van der Waals surface area (Å²) in [6, 6.07) is 12.1. The Morgan fingerprint density at radius 2 is 1.89 bits per heavy atom. The number of aromatic nitrogens is 4. The molecule has 1 fully saturated rings. The third kappa shape index (κ3) is 6.50. The Kier molecular flexibility index (Phi) is 8.60. The number of aryl methyl sites for hydroxylation is 1. The van der Waals surface area contributed by atoms with E-state index in [9.17, 15) is 4.79 Å². The topological polar surface area (TPSA) is 100 Å². The molecule has 0 spiro atoms. The predicted octanol–water partition coefficient (Wildman–Crippen LogP) is 6.51. The Labute approximate surface area is 270 Å². The number of carbonyl (C=O) groups excluding carboxylic acids is 1. The Bertz CT molecular complexity index is 1770. The summed E-state index contributed by atoms with van der Waals surface area (Å²) < 4.78 is 26.3. The van der Waals surface area contributed by atoms with Crippen LogP contribution in [0.4, 0.5) is 5.82 Å². The van der Waals surface area contributed by atoms with Crippen molar-refractivity contribution in [2.75, 3.05) is 31.7 Å². The number of hydrogen-bond donors (Lipinski definition) is 0. The molecule has 7 rings (SSSR count). The van der Waals surface area contributed by atoms with E-state index < -0.39 is 17.7 Å². The van der Waals surface area contributed by atoms with Gasteiger partial charge in [-0.05, 0) is 78.2 Å². The van der Waals surface area contributed by atoms with Gasteiger partial charge in [0.15, 0.2) is 11.8 Å². The van der Waals surface area contributed by atoms with Crippen molar-refractivity contribution in [3.8, 4) is 28.1 Å². The summed E-state index contributed by atoms with van der Waals surface area (Å²) in [5.41, 5.74) is 4.60. The van der Waals surface area contributed by atoms with E-state index >= 15 is 0 Å². The molecule has 1 saturated heterocycles. The van der Waals surface area contributed by atoms with Crippen molar-refractivity contribution < 1.29 is 23.7 Å². The smallest absolute Gasteiger partial charge is 0.339 e. The molecule has 0 aliphatic carbocycles. The van der Waals surface area contributed by atoms with Gasteiger partial charge in [0.25, 0.3) is 0 Å². The lowest BCUT2D eigenvalue weighted by molar-refractivity contribution is -0.164. The standard InChI is InChI=1S/C36H43N5O5/c1-23-10-9-19-44-36(6)14-17-40(18-15-36)33-31(32(34(42)43-7)46-35(3,4)5)24(2)38-30-21-28(39-41(30)33)26-12-8-11-25(20-26)27-22-37-16-13-29(27)45-23/h8-13,16,20-23,32H,14-15,17-19H2,1-7H3/t23-,32-/m0/s1. The Morgan fingerprint density at radius 1 is 1.13 bits per heavy atom. The van der Waals surface area contributed by atoms with E-state index in [0.29, 0.717) is 36.6 Å². The molecule has 3 aliphatic heterocycles. The van der Waals surface area contributed by atoms with E-state index in [-0.39, 0.29) is 11.7 Å². The van der Waals surface area contributed by atoms with E-state index in [4.69, 9.17) is 29.0 Å². The number of benzene rings is 1. The van der Waals surface area contributed by atoms with Gasteiger partial charge in [-0.15, -0.1) is 0 Å². The van der Waals surface area contributed by atoms with Crippen LogP contribution in [0.1, 0.15) is 64.8 Å². The first-order valence-corrected chi connectivity index (χ1v) is 15.9.